The van der Waals surface area contributed by atoms with Gasteiger partial charge in [0.25, 0.3) is 0 Å². The van der Waals surface area contributed by atoms with Crippen LogP contribution in [0.2, 0.25) is 5.02 Å². The number of carbonyl (C=O) groups is 1. The Morgan fingerprint density at radius 3 is 2.79 bits per heavy atom. The number of hydrogen-bond donors (Lipinski definition) is 0. The van der Waals surface area contributed by atoms with Gasteiger partial charge in [0.1, 0.15) is 11.5 Å². The summed E-state index contributed by atoms with van der Waals surface area (Å²) in [5, 5.41) is 13.4. The van der Waals surface area contributed by atoms with Crippen LogP contribution in [-0.4, -0.2) is 46.4 Å². The van der Waals surface area contributed by atoms with Crippen molar-refractivity contribution in [1.82, 2.24) is 34.9 Å². The molecule has 4 aromatic rings. The minimum atomic E-state index is -0.0123. The van der Waals surface area contributed by atoms with Gasteiger partial charge in [-0.25, -0.2) is 4.98 Å². The van der Waals surface area contributed by atoms with Gasteiger partial charge in [0.2, 0.25) is 11.7 Å². The Morgan fingerprint density at radius 2 is 2.03 bits per heavy atom. The third-order valence-electron chi connectivity index (χ3n) is 3.99. The third-order valence-corrected chi connectivity index (χ3v) is 5.27. The maximum Gasteiger partial charge on any atom is 0.234 e. The van der Waals surface area contributed by atoms with Gasteiger partial charge >= 0.3 is 0 Å². The molecule has 0 aliphatic carbocycles. The molecule has 0 atom stereocenters. The SMILES string of the molecule is Cn1c(Cc2nc(-c3cnccn3)no2)nnc1SCC(=O)c1ccc(Cl)cc1. The molecular formula is C18H14ClN7O2S. The first kappa shape index (κ1) is 19.2. The molecule has 0 spiro atoms. The van der Waals surface area contributed by atoms with Crippen molar-refractivity contribution >= 4 is 29.1 Å². The monoisotopic (exact) mass is 427 g/mol. The molecule has 0 saturated carbocycles. The molecule has 11 heteroatoms. The standard InChI is InChI=1S/C18H14ClN7O2S/c1-26-15(8-16-22-17(25-28-16)13-9-20-6-7-21-13)23-24-18(26)29-10-14(27)11-2-4-12(19)5-3-11/h2-7,9H,8,10H2,1H3. The number of halogens is 1. The fraction of sp³-hybridized carbons (Fsp3) is 0.167. The summed E-state index contributed by atoms with van der Waals surface area (Å²) in [5.41, 5.74) is 1.13. The van der Waals surface area contributed by atoms with E-state index < -0.39 is 0 Å². The first-order valence-electron chi connectivity index (χ1n) is 8.49. The van der Waals surface area contributed by atoms with Crippen LogP contribution in [0.1, 0.15) is 22.1 Å². The van der Waals surface area contributed by atoms with Crippen molar-refractivity contribution in [2.75, 3.05) is 5.75 Å². The number of nitrogens with zero attached hydrogens (tertiary/aromatic N) is 7. The van der Waals surface area contributed by atoms with Crippen molar-refractivity contribution in [2.45, 2.75) is 11.6 Å². The van der Waals surface area contributed by atoms with E-state index in [0.717, 1.165) is 0 Å². The number of rotatable bonds is 7. The van der Waals surface area contributed by atoms with Crippen molar-refractivity contribution in [3.63, 3.8) is 0 Å². The molecule has 0 N–H and O–H groups in total. The lowest BCUT2D eigenvalue weighted by Gasteiger charge is -2.03. The first-order valence-corrected chi connectivity index (χ1v) is 9.85. The van der Waals surface area contributed by atoms with Crippen molar-refractivity contribution < 1.29 is 9.32 Å². The summed E-state index contributed by atoms with van der Waals surface area (Å²) < 4.78 is 7.07. The fourth-order valence-electron chi connectivity index (χ4n) is 2.45. The van der Waals surface area contributed by atoms with Gasteiger partial charge in [0, 0.05) is 30.0 Å². The quantitative estimate of drug-likeness (QED) is 0.324. The highest BCUT2D eigenvalue weighted by molar-refractivity contribution is 7.99. The molecule has 0 unspecified atom stereocenters. The minimum absolute atomic E-state index is 0.0123. The molecule has 0 aliphatic rings. The molecule has 146 valence electrons. The van der Waals surface area contributed by atoms with Crippen LogP contribution in [0.15, 0.2) is 52.5 Å². The molecule has 0 bridgehead atoms. The van der Waals surface area contributed by atoms with Gasteiger partial charge in [-0.3, -0.25) is 9.78 Å². The van der Waals surface area contributed by atoms with Gasteiger partial charge in [-0.05, 0) is 24.3 Å². The van der Waals surface area contributed by atoms with E-state index in [2.05, 4.69) is 30.3 Å². The summed E-state index contributed by atoms with van der Waals surface area (Å²) in [5.74, 6) is 1.61. The van der Waals surface area contributed by atoms with Gasteiger partial charge < -0.3 is 9.09 Å². The summed E-state index contributed by atoms with van der Waals surface area (Å²) >= 11 is 7.16. The van der Waals surface area contributed by atoms with Gasteiger partial charge in [-0.2, -0.15) is 4.98 Å². The number of Topliss-reactive ketones (excluding diaryl/α,β-unsaturated/α-hetero) is 1. The largest absolute Gasteiger partial charge is 0.338 e. The summed E-state index contributed by atoms with van der Waals surface area (Å²) in [7, 11) is 1.82. The lowest BCUT2D eigenvalue weighted by Crippen LogP contribution is -2.05. The fourth-order valence-corrected chi connectivity index (χ4v) is 3.40. The number of thioether (sulfide) groups is 1. The molecule has 0 amide bonds. The molecular weight excluding hydrogens is 414 g/mol. The van der Waals surface area contributed by atoms with E-state index in [-0.39, 0.29) is 11.5 Å². The lowest BCUT2D eigenvalue weighted by molar-refractivity contribution is 0.102. The second-order valence-electron chi connectivity index (χ2n) is 5.96. The van der Waals surface area contributed by atoms with Crippen molar-refractivity contribution in [1.29, 1.82) is 0 Å². The smallest absolute Gasteiger partial charge is 0.234 e. The van der Waals surface area contributed by atoms with Crippen molar-refractivity contribution in [3.05, 3.63) is 65.2 Å². The minimum Gasteiger partial charge on any atom is -0.338 e. The Labute approximate surface area is 174 Å². The van der Waals surface area contributed by atoms with Gasteiger partial charge in [0.05, 0.1) is 18.4 Å². The van der Waals surface area contributed by atoms with E-state index in [0.29, 0.717) is 45.4 Å². The van der Waals surface area contributed by atoms with Crippen LogP contribution in [0.3, 0.4) is 0 Å². The summed E-state index contributed by atoms with van der Waals surface area (Å²) in [6.07, 6.45) is 5.00. The molecule has 0 fully saturated rings. The van der Waals surface area contributed by atoms with E-state index in [1.165, 1.54) is 11.8 Å². The van der Waals surface area contributed by atoms with Crippen molar-refractivity contribution in [2.24, 2.45) is 7.05 Å². The second kappa shape index (κ2) is 8.50. The van der Waals surface area contributed by atoms with Gasteiger partial charge in [0.15, 0.2) is 10.9 Å². The summed E-state index contributed by atoms with van der Waals surface area (Å²) in [4.78, 5) is 24.7. The van der Waals surface area contributed by atoms with E-state index in [4.69, 9.17) is 16.1 Å². The van der Waals surface area contributed by atoms with E-state index >= 15 is 0 Å². The summed E-state index contributed by atoms with van der Waals surface area (Å²) in [6.45, 7) is 0. The van der Waals surface area contributed by atoms with E-state index in [1.54, 1.807) is 47.4 Å². The molecule has 1 aromatic carbocycles. The molecule has 0 aliphatic heterocycles. The molecule has 3 heterocycles. The Hall–Kier alpha value is -3.11. The molecule has 4 rings (SSSR count). The average Bonchev–Trinajstić information content (AvgIpc) is 3.35. The highest BCUT2D eigenvalue weighted by Crippen LogP contribution is 2.20. The number of carbonyl (C=O) groups excluding carboxylic acids is 1. The summed E-state index contributed by atoms with van der Waals surface area (Å²) in [6, 6.07) is 6.80. The molecule has 9 nitrogen and oxygen atoms in total. The highest BCUT2D eigenvalue weighted by Gasteiger charge is 2.16. The lowest BCUT2D eigenvalue weighted by atomic mass is 10.1. The predicted molar refractivity (Wildman–Crippen MR) is 106 cm³/mol. The van der Waals surface area contributed by atoms with Crippen LogP contribution in [0, 0.1) is 0 Å². The van der Waals surface area contributed by atoms with Crippen LogP contribution < -0.4 is 0 Å². The number of benzene rings is 1. The topological polar surface area (TPSA) is 112 Å². The van der Waals surface area contributed by atoms with Crippen LogP contribution in [-0.2, 0) is 13.5 Å². The maximum atomic E-state index is 12.3. The Bertz CT molecular complexity index is 1130. The Kier molecular flexibility index (Phi) is 5.63. The maximum absolute atomic E-state index is 12.3. The van der Waals surface area contributed by atoms with Crippen LogP contribution >= 0.6 is 23.4 Å². The Morgan fingerprint density at radius 1 is 1.21 bits per heavy atom. The van der Waals surface area contributed by atoms with E-state index in [1.807, 2.05) is 7.05 Å². The first-order chi connectivity index (χ1) is 14.1. The number of aromatic nitrogens is 7. The Balaban J connectivity index is 1.40. The second-order valence-corrected chi connectivity index (χ2v) is 7.33. The third kappa shape index (κ3) is 4.49. The zero-order chi connectivity index (χ0) is 20.2. The zero-order valence-corrected chi connectivity index (χ0v) is 16.8. The van der Waals surface area contributed by atoms with Crippen LogP contribution in [0.25, 0.3) is 11.5 Å². The molecule has 0 saturated heterocycles. The average molecular weight is 428 g/mol. The molecule has 3 aromatic heterocycles. The number of ketones is 1. The van der Waals surface area contributed by atoms with Crippen LogP contribution in [0.5, 0.6) is 0 Å². The molecule has 29 heavy (non-hydrogen) atoms. The number of hydrogen-bond acceptors (Lipinski definition) is 9. The molecule has 0 radical (unpaired) electrons. The predicted octanol–water partition coefficient (Wildman–Crippen LogP) is 2.87. The van der Waals surface area contributed by atoms with E-state index in [9.17, 15) is 4.79 Å². The zero-order valence-electron chi connectivity index (χ0n) is 15.2. The van der Waals surface area contributed by atoms with Gasteiger partial charge in [-0.15, -0.1) is 10.2 Å². The van der Waals surface area contributed by atoms with Crippen LogP contribution in [0.4, 0.5) is 0 Å². The van der Waals surface area contributed by atoms with Crippen molar-refractivity contribution in [3.8, 4) is 11.5 Å². The normalized spacial score (nSPS) is 11.0. The highest BCUT2D eigenvalue weighted by atomic mass is 35.5. The van der Waals surface area contributed by atoms with Gasteiger partial charge in [-0.1, -0.05) is 28.5 Å².